The van der Waals surface area contributed by atoms with Crippen LogP contribution in [0.25, 0.3) is 27.4 Å². The number of benzene rings is 2. The number of hydrogen-bond acceptors (Lipinski definition) is 6. The van der Waals surface area contributed by atoms with Crippen molar-refractivity contribution < 1.29 is 0 Å². The molecule has 0 radical (unpaired) electrons. The number of aromatic nitrogens is 5. The Bertz CT molecular complexity index is 1260. The van der Waals surface area contributed by atoms with E-state index in [1.807, 2.05) is 53.1 Å². The molecule has 1 atom stereocenters. The molecule has 0 aliphatic heterocycles. The minimum Gasteiger partial charge on any atom is -0.346 e. The Hall–Kier alpha value is -3.58. The molecule has 1 unspecified atom stereocenters. The largest absolute Gasteiger partial charge is 0.346 e. The van der Waals surface area contributed by atoms with Gasteiger partial charge in [-0.25, -0.2) is 15.0 Å². The number of nitrogens with one attached hydrogen (secondary N) is 1. The molecule has 0 aliphatic carbocycles. The summed E-state index contributed by atoms with van der Waals surface area (Å²) in [6.07, 6.45) is 3.54. The summed E-state index contributed by atoms with van der Waals surface area (Å²) in [5.41, 5.74) is 4.04. The Morgan fingerprint density at radius 2 is 1.76 bits per heavy atom. The molecule has 0 saturated carbocycles. The van der Waals surface area contributed by atoms with Crippen LogP contribution in [-0.4, -0.2) is 24.5 Å². The molecule has 5 aromatic rings. The third-order valence-corrected chi connectivity index (χ3v) is 5.58. The summed E-state index contributed by atoms with van der Waals surface area (Å²) in [6.45, 7) is 2.06. The molecule has 0 amide bonds. The van der Waals surface area contributed by atoms with Gasteiger partial charge < -0.3 is 5.32 Å². The van der Waals surface area contributed by atoms with Crippen molar-refractivity contribution in [2.24, 2.45) is 0 Å². The maximum Gasteiger partial charge on any atom is 0.225 e. The van der Waals surface area contributed by atoms with Gasteiger partial charge in [-0.15, -0.1) is 11.3 Å². The summed E-state index contributed by atoms with van der Waals surface area (Å²) in [6, 6.07) is 20.1. The highest BCUT2D eigenvalue weighted by molar-refractivity contribution is 7.13. The van der Waals surface area contributed by atoms with Crippen LogP contribution in [0.15, 0.2) is 78.6 Å². The van der Waals surface area contributed by atoms with Crippen molar-refractivity contribution in [3.63, 3.8) is 0 Å². The summed E-state index contributed by atoms with van der Waals surface area (Å²) in [5, 5.41) is 6.45. The van der Waals surface area contributed by atoms with E-state index in [4.69, 9.17) is 4.98 Å². The van der Waals surface area contributed by atoms with Crippen molar-refractivity contribution in [2.45, 2.75) is 13.0 Å². The fourth-order valence-corrected chi connectivity index (χ4v) is 4.08. The SMILES string of the molecule is CC(Nc1nccc(-n2cnc3ccccc32)n1)c1csc(-c2ccccc2)n1. The maximum absolute atomic E-state index is 4.78. The molecule has 0 aliphatic rings. The summed E-state index contributed by atoms with van der Waals surface area (Å²) >= 11 is 1.64. The number of thiazole rings is 1. The Morgan fingerprint density at radius 3 is 2.66 bits per heavy atom. The van der Waals surface area contributed by atoms with Crippen LogP contribution in [0.3, 0.4) is 0 Å². The van der Waals surface area contributed by atoms with Gasteiger partial charge in [0.05, 0.1) is 22.8 Å². The molecule has 142 valence electrons. The van der Waals surface area contributed by atoms with E-state index in [2.05, 4.69) is 44.7 Å². The lowest BCUT2D eigenvalue weighted by molar-refractivity contribution is 0.827. The Morgan fingerprint density at radius 1 is 0.931 bits per heavy atom. The molecule has 3 aromatic heterocycles. The highest BCUT2D eigenvalue weighted by Crippen LogP contribution is 2.27. The number of fused-ring (bicyclic) bond motifs is 1. The monoisotopic (exact) mass is 398 g/mol. The van der Waals surface area contributed by atoms with Gasteiger partial charge >= 0.3 is 0 Å². The van der Waals surface area contributed by atoms with E-state index in [1.54, 1.807) is 23.9 Å². The molecule has 0 saturated heterocycles. The Kier molecular flexibility index (Phi) is 4.50. The molecule has 0 spiro atoms. The number of hydrogen-bond donors (Lipinski definition) is 1. The molecule has 1 N–H and O–H groups in total. The van der Waals surface area contributed by atoms with Gasteiger partial charge in [0.2, 0.25) is 5.95 Å². The minimum absolute atomic E-state index is 0.0153. The number of nitrogens with zero attached hydrogens (tertiary/aromatic N) is 5. The quantitative estimate of drug-likeness (QED) is 0.445. The first-order valence-corrected chi connectivity index (χ1v) is 10.2. The van der Waals surface area contributed by atoms with Gasteiger partial charge in [0.25, 0.3) is 0 Å². The van der Waals surface area contributed by atoms with Gasteiger partial charge in [-0.2, -0.15) is 4.98 Å². The van der Waals surface area contributed by atoms with E-state index in [-0.39, 0.29) is 6.04 Å². The zero-order valence-electron chi connectivity index (χ0n) is 15.7. The zero-order chi connectivity index (χ0) is 19.6. The molecule has 6 nitrogen and oxygen atoms in total. The summed E-state index contributed by atoms with van der Waals surface area (Å²) in [7, 11) is 0. The van der Waals surface area contributed by atoms with E-state index in [0.717, 1.165) is 33.1 Å². The average Bonchev–Trinajstić information content (AvgIpc) is 3.42. The number of anilines is 1. The summed E-state index contributed by atoms with van der Waals surface area (Å²) in [5.74, 6) is 1.33. The molecule has 0 bridgehead atoms. The molecule has 0 fully saturated rings. The lowest BCUT2D eigenvalue weighted by Crippen LogP contribution is -2.11. The lowest BCUT2D eigenvalue weighted by Gasteiger charge is -2.12. The summed E-state index contributed by atoms with van der Waals surface area (Å²) < 4.78 is 1.96. The third-order valence-electron chi connectivity index (χ3n) is 4.67. The van der Waals surface area contributed by atoms with Crippen molar-refractivity contribution in [2.75, 3.05) is 5.32 Å². The van der Waals surface area contributed by atoms with Crippen molar-refractivity contribution in [3.05, 3.63) is 84.3 Å². The van der Waals surface area contributed by atoms with E-state index in [1.165, 1.54) is 0 Å². The van der Waals surface area contributed by atoms with Crippen LogP contribution in [0.4, 0.5) is 5.95 Å². The van der Waals surface area contributed by atoms with Gasteiger partial charge in [-0.05, 0) is 25.1 Å². The van der Waals surface area contributed by atoms with E-state index in [0.29, 0.717) is 5.95 Å². The second-order valence-electron chi connectivity index (χ2n) is 6.65. The van der Waals surface area contributed by atoms with Gasteiger partial charge in [0, 0.05) is 17.1 Å². The van der Waals surface area contributed by atoms with Crippen molar-refractivity contribution in [1.82, 2.24) is 24.5 Å². The standard InChI is InChI=1S/C22H18N6S/c1-15(18-13-29-21(26-18)16-7-3-2-4-8-16)25-22-23-12-11-20(27-22)28-14-24-17-9-5-6-10-19(17)28/h2-15H,1H3,(H,23,25,27). The molecule has 29 heavy (non-hydrogen) atoms. The van der Waals surface area contributed by atoms with Crippen LogP contribution in [-0.2, 0) is 0 Å². The highest BCUT2D eigenvalue weighted by Gasteiger charge is 2.13. The van der Waals surface area contributed by atoms with Gasteiger partial charge in [0.1, 0.15) is 17.2 Å². The van der Waals surface area contributed by atoms with Gasteiger partial charge in [-0.3, -0.25) is 4.57 Å². The van der Waals surface area contributed by atoms with Crippen molar-refractivity contribution >= 4 is 28.3 Å². The Balaban J connectivity index is 1.39. The fourth-order valence-electron chi connectivity index (χ4n) is 3.16. The van der Waals surface area contributed by atoms with Crippen LogP contribution >= 0.6 is 11.3 Å². The first-order chi connectivity index (χ1) is 14.3. The van der Waals surface area contributed by atoms with Crippen LogP contribution in [0.1, 0.15) is 18.7 Å². The topological polar surface area (TPSA) is 68.5 Å². The van der Waals surface area contributed by atoms with Crippen LogP contribution < -0.4 is 5.32 Å². The zero-order valence-corrected chi connectivity index (χ0v) is 16.5. The van der Waals surface area contributed by atoms with Crippen molar-refractivity contribution in [1.29, 1.82) is 0 Å². The number of rotatable bonds is 5. The molecule has 3 heterocycles. The minimum atomic E-state index is -0.0153. The average molecular weight is 398 g/mol. The lowest BCUT2D eigenvalue weighted by atomic mass is 10.2. The number of imidazole rings is 1. The predicted molar refractivity (Wildman–Crippen MR) is 116 cm³/mol. The molecule has 5 rings (SSSR count). The van der Waals surface area contributed by atoms with Gasteiger partial charge in [-0.1, -0.05) is 42.5 Å². The Labute approximate surface area is 172 Å². The van der Waals surface area contributed by atoms with Crippen LogP contribution in [0.5, 0.6) is 0 Å². The predicted octanol–water partition coefficient (Wildman–Crippen LogP) is 5.11. The van der Waals surface area contributed by atoms with Crippen LogP contribution in [0, 0.1) is 0 Å². The molecular formula is C22H18N6S. The fraction of sp³-hybridized carbons (Fsp3) is 0.0909. The van der Waals surface area contributed by atoms with Gasteiger partial charge in [0.15, 0.2) is 0 Å². The normalized spacial score (nSPS) is 12.2. The first-order valence-electron chi connectivity index (χ1n) is 9.31. The number of para-hydroxylation sites is 2. The molecule has 7 heteroatoms. The first kappa shape index (κ1) is 17.5. The smallest absolute Gasteiger partial charge is 0.225 e. The van der Waals surface area contributed by atoms with E-state index in [9.17, 15) is 0 Å². The van der Waals surface area contributed by atoms with E-state index < -0.39 is 0 Å². The molecular weight excluding hydrogens is 380 g/mol. The van der Waals surface area contributed by atoms with Crippen molar-refractivity contribution in [3.8, 4) is 16.4 Å². The highest BCUT2D eigenvalue weighted by atomic mass is 32.1. The van der Waals surface area contributed by atoms with E-state index >= 15 is 0 Å². The second kappa shape index (κ2) is 7.44. The van der Waals surface area contributed by atoms with Crippen LogP contribution in [0.2, 0.25) is 0 Å². The molecule has 2 aromatic carbocycles. The second-order valence-corrected chi connectivity index (χ2v) is 7.51. The third kappa shape index (κ3) is 3.48. The summed E-state index contributed by atoms with van der Waals surface area (Å²) in [4.78, 5) is 18.3. The maximum atomic E-state index is 4.78.